The highest BCUT2D eigenvalue weighted by Crippen LogP contribution is 2.27. The fourth-order valence-electron chi connectivity index (χ4n) is 2.59. The van der Waals surface area contributed by atoms with E-state index < -0.39 is 27.8 Å². The van der Waals surface area contributed by atoms with Gasteiger partial charge in [0.25, 0.3) is 0 Å². The zero-order chi connectivity index (χ0) is 20.2. The molecule has 0 aliphatic carbocycles. The minimum Gasteiger partial charge on any atom is -0.350 e. The van der Waals surface area contributed by atoms with E-state index in [1.807, 2.05) is 0 Å². The molecule has 0 aliphatic heterocycles. The Morgan fingerprint density at radius 3 is 2.33 bits per heavy atom. The lowest BCUT2D eigenvalue weighted by Gasteiger charge is -2.30. The largest absolute Gasteiger partial charge is 0.350 e. The number of benzene rings is 2. The molecule has 0 aromatic heterocycles. The Labute approximate surface area is 168 Å². The maximum atomic E-state index is 13.4. The number of rotatable bonds is 7. The standard InChI is InChI=1S/C18H19Cl2FN2O3S/c1-3-17(18(24)22-11-12-4-6-13(19)7-5-12)23(27(2,25)26)14-8-9-16(21)15(20)10-14/h4-10,17H,3,11H2,1-2H3,(H,22,24)/t17-/m0/s1. The predicted molar refractivity (Wildman–Crippen MR) is 106 cm³/mol. The summed E-state index contributed by atoms with van der Waals surface area (Å²) < 4.78 is 39.1. The van der Waals surface area contributed by atoms with Crippen molar-refractivity contribution in [1.29, 1.82) is 0 Å². The van der Waals surface area contributed by atoms with E-state index in [4.69, 9.17) is 23.2 Å². The molecule has 0 unspecified atom stereocenters. The van der Waals surface area contributed by atoms with Gasteiger partial charge in [-0.2, -0.15) is 0 Å². The van der Waals surface area contributed by atoms with Gasteiger partial charge in [-0.05, 0) is 42.3 Å². The Morgan fingerprint density at radius 2 is 1.81 bits per heavy atom. The van der Waals surface area contributed by atoms with Crippen LogP contribution in [-0.4, -0.2) is 26.6 Å². The van der Waals surface area contributed by atoms with Gasteiger partial charge in [0.15, 0.2) is 0 Å². The van der Waals surface area contributed by atoms with Crippen LogP contribution in [0.25, 0.3) is 0 Å². The zero-order valence-electron chi connectivity index (χ0n) is 14.7. The molecular formula is C18H19Cl2FN2O3S. The molecule has 0 heterocycles. The fraction of sp³-hybridized carbons (Fsp3) is 0.278. The van der Waals surface area contributed by atoms with E-state index in [1.165, 1.54) is 12.1 Å². The van der Waals surface area contributed by atoms with Gasteiger partial charge < -0.3 is 5.32 Å². The maximum absolute atomic E-state index is 13.4. The van der Waals surface area contributed by atoms with Crippen LogP contribution in [0.15, 0.2) is 42.5 Å². The number of carbonyl (C=O) groups excluding carboxylic acids is 1. The molecule has 1 amide bonds. The van der Waals surface area contributed by atoms with E-state index >= 15 is 0 Å². The van der Waals surface area contributed by atoms with Crippen LogP contribution in [0.2, 0.25) is 10.0 Å². The third-order valence-corrected chi connectivity index (χ3v) is 5.59. The summed E-state index contributed by atoms with van der Waals surface area (Å²) in [7, 11) is -3.82. The first-order chi connectivity index (χ1) is 12.6. The van der Waals surface area contributed by atoms with Gasteiger partial charge in [0.05, 0.1) is 17.0 Å². The fourth-order valence-corrected chi connectivity index (χ4v) is 4.10. The summed E-state index contributed by atoms with van der Waals surface area (Å²) in [5, 5.41) is 3.07. The number of carbonyl (C=O) groups is 1. The van der Waals surface area contributed by atoms with Gasteiger partial charge in [0, 0.05) is 11.6 Å². The number of amides is 1. The topological polar surface area (TPSA) is 66.5 Å². The molecule has 0 saturated carbocycles. The summed E-state index contributed by atoms with van der Waals surface area (Å²) in [5.41, 5.74) is 0.940. The van der Waals surface area contributed by atoms with Crippen LogP contribution in [0, 0.1) is 5.82 Å². The molecule has 146 valence electrons. The van der Waals surface area contributed by atoms with Crippen molar-refractivity contribution in [3.8, 4) is 0 Å². The molecule has 0 radical (unpaired) electrons. The summed E-state index contributed by atoms with van der Waals surface area (Å²) in [6.45, 7) is 1.91. The molecule has 27 heavy (non-hydrogen) atoms. The van der Waals surface area contributed by atoms with E-state index in [9.17, 15) is 17.6 Å². The number of hydrogen-bond donors (Lipinski definition) is 1. The second kappa shape index (κ2) is 8.91. The van der Waals surface area contributed by atoms with E-state index in [-0.39, 0.29) is 23.7 Å². The normalized spacial score (nSPS) is 12.5. The second-order valence-corrected chi connectivity index (χ2v) is 8.63. The summed E-state index contributed by atoms with van der Waals surface area (Å²) in [4.78, 5) is 12.7. The Bertz CT molecular complexity index is 921. The molecule has 2 aromatic carbocycles. The number of sulfonamides is 1. The van der Waals surface area contributed by atoms with Gasteiger partial charge >= 0.3 is 0 Å². The number of nitrogens with zero attached hydrogens (tertiary/aromatic N) is 1. The Morgan fingerprint density at radius 1 is 1.19 bits per heavy atom. The first-order valence-electron chi connectivity index (χ1n) is 8.10. The lowest BCUT2D eigenvalue weighted by atomic mass is 10.1. The number of nitrogens with one attached hydrogen (secondary N) is 1. The number of halogens is 3. The van der Waals surface area contributed by atoms with E-state index in [1.54, 1.807) is 31.2 Å². The monoisotopic (exact) mass is 432 g/mol. The van der Waals surface area contributed by atoms with Crippen molar-refractivity contribution in [3.63, 3.8) is 0 Å². The molecule has 0 spiro atoms. The van der Waals surface area contributed by atoms with Gasteiger partial charge in [0.1, 0.15) is 11.9 Å². The molecule has 1 N–H and O–H groups in total. The third-order valence-electron chi connectivity index (χ3n) is 3.87. The minimum absolute atomic E-state index is 0.123. The van der Waals surface area contributed by atoms with Crippen molar-refractivity contribution < 1.29 is 17.6 Å². The van der Waals surface area contributed by atoms with Crippen LogP contribution in [0.4, 0.5) is 10.1 Å². The Kier molecular flexibility index (Phi) is 7.08. The number of anilines is 1. The average molecular weight is 433 g/mol. The first-order valence-corrected chi connectivity index (χ1v) is 10.7. The number of hydrogen-bond acceptors (Lipinski definition) is 3. The van der Waals surface area contributed by atoms with Crippen LogP contribution in [0.3, 0.4) is 0 Å². The van der Waals surface area contributed by atoms with Crippen molar-refractivity contribution in [3.05, 3.63) is 63.9 Å². The highest BCUT2D eigenvalue weighted by atomic mass is 35.5. The molecular weight excluding hydrogens is 414 g/mol. The Balaban J connectivity index is 2.27. The van der Waals surface area contributed by atoms with Gasteiger partial charge in [0.2, 0.25) is 15.9 Å². The molecule has 0 fully saturated rings. The van der Waals surface area contributed by atoms with E-state index in [0.29, 0.717) is 5.02 Å². The van der Waals surface area contributed by atoms with Gasteiger partial charge in [-0.1, -0.05) is 42.3 Å². The van der Waals surface area contributed by atoms with Crippen molar-refractivity contribution in [2.75, 3.05) is 10.6 Å². The van der Waals surface area contributed by atoms with Gasteiger partial charge in [-0.3, -0.25) is 9.10 Å². The molecule has 9 heteroatoms. The lowest BCUT2D eigenvalue weighted by Crippen LogP contribution is -2.49. The van der Waals surface area contributed by atoms with E-state index in [0.717, 1.165) is 22.2 Å². The first kappa shape index (κ1) is 21.5. The summed E-state index contributed by atoms with van der Waals surface area (Å²) >= 11 is 11.6. The summed E-state index contributed by atoms with van der Waals surface area (Å²) in [5.74, 6) is -1.15. The highest BCUT2D eigenvalue weighted by molar-refractivity contribution is 7.92. The van der Waals surface area contributed by atoms with Crippen LogP contribution < -0.4 is 9.62 Å². The van der Waals surface area contributed by atoms with Crippen LogP contribution in [0.1, 0.15) is 18.9 Å². The second-order valence-electron chi connectivity index (χ2n) is 5.93. The Hall–Kier alpha value is -1.83. The van der Waals surface area contributed by atoms with Crippen LogP contribution in [0.5, 0.6) is 0 Å². The molecule has 2 rings (SSSR count). The van der Waals surface area contributed by atoms with E-state index in [2.05, 4.69) is 5.32 Å². The van der Waals surface area contributed by atoms with Gasteiger partial charge in [-0.25, -0.2) is 12.8 Å². The van der Waals surface area contributed by atoms with Crippen molar-refractivity contribution >= 4 is 44.8 Å². The minimum atomic E-state index is -3.82. The van der Waals surface area contributed by atoms with Crippen molar-refractivity contribution in [1.82, 2.24) is 5.32 Å². The smallest absolute Gasteiger partial charge is 0.244 e. The van der Waals surface area contributed by atoms with Crippen molar-refractivity contribution in [2.24, 2.45) is 0 Å². The molecule has 0 aliphatic rings. The molecule has 5 nitrogen and oxygen atoms in total. The molecule has 0 bridgehead atoms. The SMILES string of the molecule is CC[C@@H](C(=O)NCc1ccc(Cl)cc1)N(c1ccc(F)c(Cl)c1)S(C)(=O)=O. The van der Waals surface area contributed by atoms with Crippen molar-refractivity contribution in [2.45, 2.75) is 25.9 Å². The molecule has 2 aromatic rings. The third kappa shape index (κ3) is 5.57. The summed E-state index contributed by atoms with van der Waals surface area (Å²) in [6, 6.07) is 9.44. The molecule has 0 saturated heterocycles. The zero-order valence-corrected chi connectivity index (χ0v) is 17.1. The van der Waals surface area contributed by atoms with Gasteiger partial charge in [-0.15, -0.1) is 0 Å². The average Bonchev–Trinajstić information content (AvgIpc) is 2.60. The lowest BCUT2D eigenvalue weighted by molar-refractivity contribution is -0.122. The predicted octanol–water partition coefficient (Wildman–Crippen LogP) is 3.99. The maximum Gasteiger partial charge on any atom is 0.244 e. The molecule has 1 atom stereocenters. The summed E-state index contributed by atoms with van der Waals surface area (Å²) in [6.07, 6.45) is 1.20. The van der Waals surface area contributed by atoms with Crippen LogP contribution >= 0.6 is 23.2 Å². The quantitative estimate of drug-likeness (QED) is 0.718. The highest BCUT2D eigenvalue weighted by Gasteiger charge is 2.31. The van der Waals surface area contributed by atoms with Crippen LogP contribution in [-0.2, 0) is 21.4 Å².